The second-order valence-electron chi connectivity index (χ2n) is 5.40. The number of anilines is 1. The summed E-state index contributed by atoms with van der Waals surface area (Å²) in [6, 6.07) is 14.6. The first-order valence-corrected chi connectivity index (χ1v) is 7.99. The summed E-state index contributed by atoms with van der Waals surface area (Å²) >= 11 is 0. The molecule has 0 aliphatic heterocycles. The predicted octanol–water partition coefficient (Wildman–Crippen LogP) is 3.98. The van der Waals surface area contributed by atoms with Crippen LogP contribution in [0.25, 0.3) is 0 Å². The monoisotopic (exact) mass is 384 g/mol. The molecule has 0 aliphatic carbocycles. The van der Waals surface area contributed by atoms with Crippen LogP contribution in [0.5, 0.6) is 17.2 Å². The Labute approximate surface area is 164 Å². The van der Waals surface area contributed by atoms with Crippen molar-refractivity contribution in [1.29, 1.82) is 0 Å². The van der Waals surface area contributed by atoms with Crippen LogP contribution in [0.2, 0.25) is 0 Å². The van der Waals surface area contributed by atoms with Crippen molar-refractivity contribution in [3.8, 4) is 17.2 Å². The Morgan fingerprint density at radius 3 is 2.57 bits per heavy atom. The van der Waals surface area contributed by atoms with E-state index in [1.807, 2.05) is 5.32 Å². The minimum atomic E-state index is -2.66. The maximum Gasteiger partial charge on any atom is 0.417 e. The molecule has 7 nitrogen and oxygen atoms in total. The van der Waals surface area contributed by atoms with Crippen LogP contribution in [0.1, 0.15) is 14.6 Å². The quantitative estimate of drug-likeness (QED) is 0.694. The normalized spacial score (nSPS) is 12.1. The van der Waals surface area contributed by atoms with Crippen LogP contribution in [0, 0.1) is 5.82 Å². The van der Waals surface area contributed by atoms with E-state index in [0.29, 0.717) is 5.75 Å². The fourth-order valence-electron chi connectivity index (χ4n) is 2.19. The van der Waals surface area contributed by atoms with Crippen molar-refractivity contribution < 1.29 is 27.6 Å². The van der Waals surface area contributed by atoms with E-state index in [1.165, 1.54) is 30.5 Å². The molecule has 0 spiro atoms. The van der Waals surface area contributed by atoms with E-state index < -0.39 is 24.8 Å². The number of benzene rings is 2. The summed E-state index contributed by atoms with van der Waals surface area (Å²) < 4.78 is 46.1. The van der Waals surface area contributed by atoms with Gasteiger partial charge in [-0.25, -0.2) is 9.18 Å². The van der Waals surface area contributed by atoms with Crippen LogP contribution in [-0.4, -0.2) is 24.0 Å². The standard InChI is InChI=1S/C20H16FN3O4/c1-22-19(25)18-12-15(9-10-23-18)27-14-7-8-17(16(21)11-14)24-20(26)28-13-5-3-2-4-6-13/h2-12H,1H3,(H,22,25)(H,24,26)/i1D3. The van der Waals surface area contributed by atoms with Crippen molar-refractivity contribution in [2.45, 2.75) is 0 Å². The summed E-state index contributed by atoms with van der Waals surface area (Å²) in [5.41, 5.74) is -0.309. The zero-order chi connectivity index (χ0) is 22.4. The van der Waals surface area contributed by atoms with Crippen LogP contribution in [-0.2, 0) is 0 Å². The van der Waals surface area contributed by atoms with Gasteiger partial charge >= 0.3 is 6.09 Å². The molecule has 3 aromatic rings. The zero-order valence-electron chi connectivity index (χ0n) is 17.3. The van der Waals surface area contributed by atoms with Gasteiger partial charge in [0.15, 0.2) is 5.82 Å². The van der Waals surface area contributed by atoms with Crippen LogP contribution in [0.4, 0.5) is 14.9 Å². The molecular weight excluding hydrogens is 365 g/mol. The highest BCUT2D eigenvalue weighted by Crippen LogP contribution is 2.26. The van der Waals surface area contributed by atoms with Gasteiger partial charge in [-0.05, 0) is 30.3 Å². The number of halogens is 1. The summed E-state index contributed by atoms with van der Waals surface area (Å²) in [7, 11) is 0. The number of hydrogen-bond acceptors (Lipinski definition) is 5. The number of hydrogen-bond donors (Lipinski definition) is 2. The number of carbonyl (C=O) groups is 2. The topological polar surface area (TPSA) is 89.6 Å². The molecule has 28 heavy (non-hydrogen) atoms. The molecule has 0 saturated heterocycles. The lowest BCUT2D eigenvalue weighted by atomic mass is 10.3. The zero-order valence-corrected chi connectivity index (χ0v) is 14.3. The minimum absolute atomic E-state index is 0.0767. The first kappa shape index (κ1) is 15.2. The number of aromatic nitrogens is 1. The fourth-order valence-corrected chi connectivity index (χ4v) is 2.19. The van der Waals surface area contributed by atoms with E-state index in [1.54, 1.807) is 30.3 Å². The second kappa shape index (κ2) is 8.63. The Balaban J connectivity index is 1.66. The lowest BCUT2D eigenvalue weighted by molar-refractivity contribution is 0.0957. The van der Waals surface area contributed by atoms with Gasteiger partial charge in [0.05, 0.1) is 5.69 Å². The van der Waals surface area contributed by atoms with Crippen molar-refractivity contribution in [3.05, 3.63) is 78.4 Å². The minimum Gasteiger partial charge on any atom is -0.457 e. The largest absolute Gasteiger partial charge is 0.457 e. The second-order valence-corrected chi connectivity index (χ2v) is 5.40. The SMILES string of the molecule is [2H]C([2H])([2H])NC(=O)c1cc(Oc2ccc(NC(=O)Oc3ccccc3)c(F)c2)ccn1. The van der Waals surface area contributed by atoms with Crippen LogP contribution >= 0.6 is 0 Å². The number of ether oxygens (including phenoxy) is 2. The molecule has 2 aromatic carbocycles. The van der Waals surface area contributed by atoms with Crippen molar-refractivity contribution in [2.24, 2.45) is 0 Å². The number of carbonyl (C=O) groups excluding carboxylic acids is 2. The third-order valence-electron chi connectivity index (χ3n) is 3.44. The maximum absolute atomic E-state index is 14.4. The number of para-hydroxylation sites is 1. The number of nitrogens with zero attached hydrogens (tertiary/aromatic N) is 1. The van der Waals surface area contributed by atoms with Gasteiger partial charge in [0.2, 0.25) is 0 Å². The van der Waals surface area contributed by atoms with E-state index in [-0.39, 0.29) is 22.9 Å². The van der Waals surface area contributed by atoms with Crippen LogP contribution in [0.15, 0.2) is 66.9 Å². The number of amides is 2. The Bertz CT molecular complexity index is 1090. The molecule has 0 radical (unpaired) electrons. The summed E-state index contributed by atoms with van der Waals surface area (Å²) in [5, 5.41) is 4.10. The molecule has 2 amide bonds. The highest BCUT2D eigenvalue weighted by molar-refractivity contribution is 5.92. The van der Waals surface area contributed by atoms with E-state index in [2.05, 4.69) is 10.3 Å². The predicted molar refractivity (Wildman–Crippen MR) is 100 cm³/mol. The fraction of sp³-hybridized carbons (Fsp3) is 0.0500. The average molecular weight is 384 g/mol. The molecule has 0 unspecified atom stereocenters. The van der Waals surface area contributed by atoms with Gasteiger partial charge in [-0.15, -0.1) is 0 Å². The van der Waals surface area contributed by atoms with Gasteiger partial charge in [0, 0.05) is 29.4 Å². The summed E-state index contributed by atoms with van der Waals surface area (Å²) in [6.45, 7) is -2.66. The molecular formula is C20H16FN3O4. The third kappa shape index (κ3) is 4.82. The number of rotatable bonds is 5. The third-order valence-corrected chi connectivity index (χ3v) is 3.44. The van der Waals surface area contributed by atoms with Crippen molar-refractivity contribution in [2.75, 3.05) is 12.3 Å². The number of nitrogens with one attached hydrogen (secondary N) is 2. The Kier molecular flexibility index (Phi) is 4.67. The Hall–Kier alpha value is -3.94. The summed E-state index contributed by atoms with van der Waals surface area (Å²) in [4.78, 5) is 27.6. The van der Waals surface area contributed by atoms with Crippen molar-refractivity contribution in [3.63, 3.8) is 0 Å². The van der Waals surface area contributed by atoms with Crippen LogP contribution in [0.3, 0.4) is 0 Å². The van der Waals surface area contributed by atoms with E-state index in [0.717, 1.165) is 6.07 Å². The van der Waals surface area contributed by atoms with Crippen LogP contribution < -0.4 is 20.1 Å². The van der Waals surface area contributed by atoms with Gasteiger partial charge in [0.25, 0.3) is 5.91 Å². The molecule has 0 bridgehead atoms. The molecule has 142 valence electrons. The summed E-state index contributed by atoms with van der Waals surface area (Å²) in [6.07, 6.45) is 0.383. The Morgan fingerprint density at radius 1 is 1.04 bits per heavy atom. The first-order valence-electron chi connectivity index (χ1n) is 9.49. The molecule has 3 rings (SSSR count). The van der Waals surface area contributed by atoms with E-state index in [4.69, 9.17) is 13.6 Å². The van der Waals surface area contributed by atoms with Gasteiger partial charge in [-0.3, -0.25) is 15.1 Å². The van der Waals surface area contributed by atoms with E-state index in [9.17, 15) is 14.0 Å². The van der Waals surface area contributed by atoms with Gasteiger partial charge in [-0.1, -0.05) is 18.2 Å². The molecule has 8 heteroatoms. The van der Waals surface area contributed by atoms with Crippen molar-refractivity contribution >= 4 is 17.7 Å². The molecule has 1 heterocycles. The molecule has 0 saturated carbocycles. The highest BCUT2D eigenvalue weighted by atomic mass is 19.1. The average Bonchev–Trinajstić information content (AvgIpc) is 2.70. The van der Waals surface area contributed by atoms with Gasteiger partial charge < -0.3 is 14.8 Å². The molecule has 2 N–H and O–H groups in total. The van der Waals surface area contributed by atoms with Crippen molar-refractivity contribution in [1.82, 2.24) is 10.3 Å². The summed E-state index contributed by atoms with van der Waals surface area (Å²) in [5.74, 6) is -1.18. The highest BCUT2D eigenvalue weighted by Gasteiger charge is 2.11. The maximum atomic E-state index is 14.4. The van der Waals surface area contributed by atoms with Gasteiger partial charge in [0.1, 0.15) is 22.9 Å². The molecule has 0 aliphatic rings. The van der Waals surface area contributed by atoms with E-state index >= 15 is 0 Å². The van der Waals surface area contributed by atoms with Gasteiger partial charge in [-0.2, -0.15) is 0 Å². The molecule has 0 atom stereocenters. The lowest BCUT2D eigenvalue weighted by Gasteiger charge is -2.10. The molecule has 0 fully saturated rings. The Morgan fingerprint density at radius 2 is 1.82 bits per heavy atom. The number of pyridine rings is 1. The smallest absolute Gasteiger partial charge is 0.417 e. The lowest BCUT2D eigenvalue weighted by Crippen LogP contribution is -2.19. The molecule has 1 aromatic heterocycles. The first-order chi connectivity index (χ1) is 14.7.